The van der Waals surface area contributed by atoms with Crippen LogP contribution >= 0.6 is 0 Å². The van der Waals surface area contributed by atoms with Gasteiger partial charge in [-0.05, 0) is 133 Å². The normalized spacial score (nSPS) is 12.6. The number of amides is 2. The molecule has 2 heterocycles. The number of aromatic nitrogens is 2. The second-order valence-corrected chi connectivity index (χ2v) is 20.8. The molecule has 2 amide bonds. The smallest absolute Gasteiger partial charge is 0.550 e. The molecule has 428 valence electrons. The fourth-order valence-corrected chi connectivity index (χ4v) is 10.4. The minimum atomic E-state index is -1.39. The van der Waals surface area contributed by atoms with E-state index in [1.807, 2.05) is 134 Å². The number of para-hydroxylation sites is 2. The first kappa shape index (κ1) is 65.1. The number of halogens is 2. The van der Waals surface area contributed by atoms with Crippen molar-refractivity contribution in [2.24, 2.45) is 0 Å². The van der Waals surface area contributed by atoms with E-state index in [1.54, 1.807) is 48.5 Å². The Labute approximate surface area is 519 Å². The van der Waals surface area contributed by atoms with E-state index in [1.165, 1.54) is 24.3 Å². The average Bonchev–Trinajstić information content (AvgIpc) is 3.14. The van der Waals surface area contributed by atoms with Gasteiger partial charge in [-0.1, -0.05) is 125 Å². The number of aliphatic hydroxyl groups excluding tert-OH is 4. The topological polar surface area (TPSA) is 229 Å². The molecule has 2 aromatic heterocycles. The molecule has 0 radical (unpaired) electrons. The number of hydrogen-bond acceptors (Lipinski definition) is 10. The van der Waals surface area contributed by atoms with Gasteiger partial charge in [-0.3, -0.25) is 9.59 Å². The number of aliphatic carboxylic acids is 2. The van der Waals surface area contributed by atoms with Gasteiger partial charge in [0.25, 0.3) is 11.8 Å². The summed E-state index contributed by atoms with van der Waals surface area (Å²) in [7, 11) is 0. The molecule has 6 aromatic carbocycles. The molecule has 8 aromatic rings. The number of nitrogens with zero attached hydrogens (tertiary/aromatic N) is 2. The molecule has 14 nitrogen and oxygen atoms in total. The van der Waals surface area contributed by atoms with E-state index in [2.05, 4.69) is 10.6 Å². The number of carboxylic acid groups (broad SMARTS) is 2. The van der Waals surface area contributed by atoms with Crippen LogP contribution in [-0.4, -0.2) is 123 Å². The largest absolute Gasteiger partial charge is 2.00 e. The third-order valence-corrected chi connectivity index (χ3v) is 13.8. The van der Waals surface area contributed by atoms with Gasteiger partial charge in [-0.15, -0.1) is 0 Å². The Balaban J connectivity index is 0.000000263. The Hall–Kier alpha value is -7.06. The van der Waals surface area contributed by atoms with Gasteiger partial charge in [0.1, 0.15) is 11.6 Å². The van der Waals surface area contributed by atoms with Gasteiger partial charge in [0.05, 0.1) is 46.9 Å². The van der Waals surface area contributed by atoms with Crippen LogP contribution in [0.5, 0.6) is 0 Å². The third kappa shape index (κ3) is 17.5. The van der Waals surface area contributed by atoms with Crippen molar-refractivity contribution in [2.45, 2.75) is 116 Å². The average molecular weight is 1200 g/mol. The number of benzene rings is 6. The molecular weight excluding hydrogens is 1130 g/mol. The molecule has 0 spiro atoms. The third-order valence-electron chi connectivity index (χ3n) is 13.8. The summed E-state index contributed by atoms with van der Waals surface area (Å²) in [5.41, 5.74) is 9.43. The predicted molar refractivity (Wildman–Crippen MR) is 315 cm³/mol. The SMILES string of the molecule is CC(C)c1c(C(=O)Nc2ccccc2)c(-c2ccccc2)c(-c2ccc(F)cc2)n1CC[C@@H](O)C[C@@H](O)CC(=O)[O-].CC(C)c1c(C(=O)Nc2ccccc2)c(-c2ccccc2)c(-c2ccc(F)cc2)n1CC[C@@H](O)C[C@@H](O)CC(=O)[O-].[Sr+2]. The van der Waals surface area contributed by atoms with E-state index >= 15 is 0 Å². The summed E-state index contributed by atoms with van der Waals surface area (Å²) in [6.07, 6.45) is -5.54. The molecule has 8 rings (SSSR count). The quantitative estimate of drug-likeness (QED) is 0.0314. The van der Waals surface area contributed by atoms with Crippen LogP contribution in [0.3, 0.4) is 0 Å². The van der Waals surface area contributed by atoms with E-state index < -0.39 is 60.8 Å². The van der Waals surface area contributed by atoms with Gasteiger partial charge < -0.3 is 60.0 Å². The van der Waals surface area contributed by atoms with Crippen LogP contribution in [0.2, 0.25) is 0 Å². The zero-order chi connectivity index (χ0) is 59.0. The van der Waals surface area contributed by atoms with Crippen LogP contribution in [0.1, 0.15) is 110 Å². The van der Waals surface area contributed by atoms with Gasteiger partial charge in [-0.25, -0.2) is 8.78 Å². The Morgan fingerprint density at radius 3 is 1.04 bits per heavy atom. The van der Waals surface area contributed by atoms with Crippen LogP contribution in [0.25, 0.3) is 44.8 Å². The number of anilines is 2. The molecule has 0 saturated carbocycles. The van der Waals surface area contributed by atoms with Crippen molar-refractivity contribution in [3.05, 3.63) is 204 Å². The van der Waals surface area contributed by atoms with E-state index in [4.69, 9.17) is 0 Å². The summed E-state index contributed by atoms with van der Waals surface area (Å²) in [6, 6.07) is 49.4. The second kappa shape index (κ2) is 31.0. The number of rotatable bonds is 24. The van der Waals surface area contributed by atoms with Gasteiger partial charge in [0.2, 0.25) is 0 Å². The van der Waals surface area contributed by atoms with Crippen molar-refractivity contribution in [1.29, 1.82) is 0 Å². The number of carbonyl (C=O) groups excluding carboxylic acids is 4. The molecule has 0 aliphatic carbocycles. The van der Waals surface area contributed by atoms with Crippen LogP contribution in [0.15, 0.2) is 170 Å². The minimum Gasteiger partial charge on any atom is -0.550 e. The zero-order valence-corrected chi connectivity index (χ0v) is 50.4. The molecule has 0 bridgehead atoms. The molecule has 0 aliphatic rings. The number of aliphatic hydroxyl groups is 4. The van der Waals surface area contributed by atoms with Crippen LogP contribution in [-0.2, 0) is 22.7 Å². The summed E-state index contributed by atoms with van der Waals surface area (Å²) in [5.74, 6) is -4.41. The predicted octanol–water partition coefficient (Wildman–Crippen LogP) is 9.58. The number of carboxylic acids is 2. The van der Waals surface area contributed by atoms with Gasteiger partial charge >= 0.3 is 45.5 Å². The fourth-order valence-electron chi connectivity index (χ4n) is 10.4. The van der Waals surface area contributed by atoms with Crippen LogP contribution in [0.4, 0.5) is 20.2 Å². The number of carbonyl (C=O) groups is 4. The molecule has 0 saturated heterocycles. The van der Waals surface area contributed by atoms with Crippen molar-refractivity contribution < 1.29 is 58.6 Å². The van der Waals surface area contributed by atoms with Crippen molar-refractivity contribution >= 4 is 80.6 Å². The second-order valence-electron chi connectivity index (χ2n) is 20.8. The molecule has 6 N–H and O–H groups in total. The Morgan fingerprint density at radius 2 is 0.747 bits per heavy atom. The summed E-state index contributed by atoms with van der Waals surface area (Å²) in [6.45, 7) is 8.45. The maximum Gasteiger partial charge on any atom is 2.00 e. The van der Waals surface area contributed by atoms with E-state index in [-0.39, 0.29) is 108 Å². The van der Waals surface area contributed by atoms with Gasteiger partial charge in [0, 0.05) is 71.8 Å². The van der Waals surface area contributed by atoms with Gasteiger partial charge in [-0.2, -0.15) is 0 Å². The van der Waals surface area contributed by atoms with Crippen molar-refractivity contribution in [3.8, 4) is 44.8 Å². The number of hydrogen-bond donors (Lipinski definition) is 6. The van der Waals surface area contributed by atoms with Crippen molar-refractivity contribution in [3.63, 3.8) is 0 Å². The summed E-state index contributed by atoms with van der Waals surface area (Å²) in [4.78, 5) is 49.8. The van der Waals surface area contributed by atoms with Crippen LogP contribution in [0, 0.1) is 11.6 Å². The first-order chi connectivity index (χ1) is 39.3. The van der Waals surface area contributed by atoms with Crippen molar-refractivity contribution in [1.82, 2.24) is 9.13 Å². The Bertz CT molecular complexity index is 3170. The summed E-state index contributed by atoms with van der Waals surface area (Å²) >= 11 is 0. The molecule has 4 atom stereocenters. The van der Waals surface area contributed by atoms with E-state index in [9.17, 15) is 58.6 Å². The minimum absolute atomic E-state index is 0. The number of nitrogens with one attached hydrogen (secondary N) is 2. The summed E-state index contributed by atoms with van der Waals surface area (Å²) in [5, 5.41) is 69.2. The molecule has 83 heavy (non-hydrogen) atoms. The van der Waals surface area contributed by atoms with E-state index in [0.717, 1.165) is 22.5 Å². The first-order valence-electron chi connectivity index (χ1n) is 27.3. The Kier molecular flexibility index (Phi) is 24.3. The maximum absolute atomic E-state index is 14.0. The van der Waals surface area contributed by atoms with Crippen LogP contribution < -0.4 is 20.8 Å². The standard InChI is InChI=1S/2C33H35FN2O5.Sr/c2*1-21(2)31-30(33(41)35-25-11-7-4-8-12-25)29(22-9-5-3-6-10-22)32(23-13-15-24(34)16-14-23)36(31)18-17-26(37)19-27(38)20-28(39)40;/h2*3-16,21,26-27,37-38H,17-20H2,1-2H3,(H,35,41)(H,39,40);/q;;+2/p-2/t2*26-,27-;/m11./s1. The molecule has 0 unspecified atom stereocenters. The van der Waals surface area contributed by atoms with E-state index in [0.29, 0.717) is 56.1 Å². The molecule has 0 fully saturated rings. The van der Waals surface area contributed by atoms with Gasteiger partial charge in [0.15, 0.2) is 0 Å². The Morgan fingerprint density at radius 1 is 0.446 bits per heavy atom. The van der Waals surface area contributed by atoms with Crippen molar-refractivity contribution in [2.75, 3.05) is 10.6 Å². The summed E-state index contributed by atoms with van der Waals surface area (Å²) < 4.78 is 32.0. The maximum atomic E-state index is 14.0. The molecule has 17 heteroatoms. The monoisotopic (exact) mass is 1200 g/mol. The molecular formula is C66H68F2N4O10Sr. The fraction of sp³-hybridized carbons (Fsp3) is 0.273. The first-order valence-corrected chi connectivity index (χ1v) is 27.3. The molecule has 0 aliphatic heterocycles. The zero-order valence-electron chi connectivity index (χ0n) is 46.9.